The summed E-state index contributed by atoms with van der Waals surface area (Å²) in [4.78, 5) is 12.3. The lowest BCUT2D eigenvalue weighted by molar-refractivity contribution is -0.123. The fourth-order valence-corrected chi connectivity index (χ4v) is 6.08. The average molecular weight is 634 g/mol. The Morgan fingerprint density at radius 3 is 1.29 bits per heavy atom. The van der Waals surface area contributed by atoms with E-state index in [1.165, 1.54) is 161 Å². The maximum Gasteiger partial charge on any atom is 0.220 e. The van der Waals surface area contributed by atoms with Gasteiger partial charge in [-0.2, -0.15) is 0 Å². The van der Waals surface area contributed by atoms with Crippen LogP contribution in [0.15, 0.2) is 24.3 Å². The molecule has 0 aliphatic heterocycles. The summed E-state index contributed by atoms with van der Waals surface area (Å²) < 4.78 is 0. The molecule has 0 aromatic heterocycles. The monoisotopic (exact) mass is 634 g/mol. The third-order valence-corrected chi connectivity index (χ3v) is 9.19. The van der Waals surface area contributed by atoms with E-state index < -0.39 is 12.1 Å². The van der Waals surface area contributed by atoms with Gasteiger partial charge in [-0.1, -0.05) is 199 Å². The number of hydrogen-bond acceptors (Lipinski definition) is 3. The lowest BCUT2D eigenvalue weighted by Crippen LogP contribution is -2.45. The Balaban J connectivity index is 3.60. The molecule has 0 unspecified atom stereocenters. The van der Waals surface area contributed by atoms with Crippen LogP contribution in [0.5, 0.6) is 0 Å². The Kier molecular flexibility index (Phi) is 36.4. The van der Waals surface area contributed by atoms with Crippen LogP contribution in [-0.4, -0.2) is 34.9 Å². The summed E-state index contributed by atoms with van der Waals surface area (Å²) >= 11 is 0. The molecule has 0 aromatic rings. The number of carbonyl (C=O) groups is 1. The summed E-state index contributed by atoms with van der Waals surface area (Å²) in [5, 5.41) is 22.9. The molecule has 0 saturated carbocycles. The average Bonchev–Trinajstić information content (AvgIpc) is 3.04. The summed E-state index contributed by atoms with van der Waals surface area (Å²) in [7, 11) is 0. The van der Waals surface area contributed by atoms with Gasteiger partial charge in [0.1, 0.15) is 0 Å². The van der Waals surface area contributed by atoms with Crippen molar-refractivity contribution in [3.05, 3.63) is 24.3 Å². The fourth-order valence-electron chi connectivity index (χ4n) is 6.08. The van der Waals surface area contributed by atoms with E-state index in [-0.39, 0.29) is 12.5 Å². The van der Waals surface area contributed by atoms with Crippen LogP contribution in [0.25, 0.3) is 0 Å². The van der Waals surface area contributed by atoms with Gasteiger partial charge in [0.25, 0.3) is 0 Å². The van der Waals surface area contributed by atoms with Crippen molar-refractivity contribution in [3.8, 4) is 0 Å². The molecule has 0 rings (SSSR count). The quantitative estimate of drug-likeness (QED) is 0.0475. The summed E-state index contributed by atoms with van der Waals surface area (Å²) in [6.07, 6.45) is 47.0. The minimum Gasteiger partial charge on any atom is -0.394 e. The molecule has 0 radical (unpaired) electrons. The number of aliphatic hydroxyl groups is 2. The van der Waals surface area contributed by atoms with Crippen molar-refractivity contribution < 1.29 is 15.0 Å². The van der Waals surface area contributed by atoms with Gasteiger partial charge in [0.15, 0.2) is 0 Å². The first-order chi connectivity index (χ1) is 22.2. The number of aliphatic hydroxyl groups excluding tert-OH is 2. The minimum atomic E-state index is -0.856. The zero-order valence-corrected chi connectivity index (χ0v) is 30.4. The SMILES string of the molecule is CCCCCCCCCCC/C=C/CC/C=C/[C@@H](O)[C@H](CO)NC(=O)CCCCCCCCCCCCCCCCCCCC. The normalized spacial score (nSPS) is 13.2. The number of unbranched alkanes of at least 4 members (excludes halogenated alkanes) is 27. The molecule has 2 atom stereocenters. The van der Waals surface area contributed by atoms with E-state index in [2.05, 4.69) is 31.3 Å². The van der Waals surface area contributed by atoms with Crippen LogP contribution in [0.4, 0.5) is 0 Å². The second-order valence-electron chi connectivity index (χ2n) is 13.7. The summed E-state index contributed by atoms with van der Waals surface area (Å²) in [5.74, 6) is -0.0718. The van der Waals surface area contributed by atoms with Crippen LogP contribution in [0.2, 0.25) is 0 Å². The van der Waals surface area contributed by atoms with E-state index in [4.69, 9.17) is 0 Å². The van der Waals surface area contributed by atoms with E-state index in [9.17, 15) is 15.0 Å². The van der Waals surface area contributed by atoms with Crippen LogP contribution < -0.4 is 5.32 Å². The number of amides is 1. The van der Waals surface area contributed by atoms with Crippen molar-refractivity contribution in [2.24, 2.45) is 0 Å². The molecule has 0 bridgehead atoms. The van der Waals surface area contributed by atoms with Crippen LogP contribution in [0.1, 0.15) is 213 Å². The molecule has 0 aromatic carbocycles. The minimum absolute atomic E-state index is 0.0718. The van der Waals surface area contributed by atoms with Gasteiger partial charge in [-0.05, 0) is 32.1 Å². The Morgan fingerprint density at radius 2 is 0.867 bits per heavy atom. The number of hydrogen-bond donors (Lipinski definition) is 3. The van der Waals surface area contributed by atoms with Crippen molar-refractivity contribution in [2.45, 2.75) is 225 Å². The molecule has 3 N–H and O–H groups in total. The zero-order valence-electron chi connectivity index (χ0n) is 30.4. The Labute approximate surface area is 281 Å². The van der Waals surface area contributed by atoms with E-state index >= 15 is 0 Å². The van der Waals surface area contributed by atoms with Crippen molar-refractivity contribution >= 4 is 5.91 Å². The maximum atomic E-state index is 12.3. The van der Waals surface area contributed by atoms with E-state index in [1.807, 2.05) is 6.08 Å². The maximum absolute atomic E-state index is 12.3. The zero-order chi connectivity index (χ0) is 32.9. The molecule has 0 fully saturated rings. The highest BCUT2D eigenvalue weighted by atomic mass is 16.3. The molecule has 0 aliphatic rings. The smallest absolute Gasteiger partial charge is 0.220 e. The van der Waals surface area contributed by atoms with Crippen LogP contribution in [-0.2, 0) is 4.79 Å². The number of nitrogens with one attached hydrogen (secondary N) is 1. The second kappa shape index (κ2) is 37.3. The predicted octanol–water partition coefficient (Wildman–Crippen LogP) is 12.1. The Hall–Kier alpha value is -1.13. The van der Waals surface area contributed by atoms with Crippen LogP contribution in [0, 0.1) is 0 Å². The van der Waals surface area contributed by atoms with Crippen molar-refractivity contribution in [1.82, 2.24) is 5.32 Å². The molecule has 0 saturated heterocycles. The van der Waals surface area contributed by atoms with Gasteiger partial charge in [-0.15, -0.1) is 0 Å². The third kappa shape index (κ3) is 34.0. The lowest BCUT2D eigenvalue weighted by atomic mass is 10.0. The number of allylic oxidation sites excluding steroid dienone is 3. The van der Waals surface area contributed by atoms with E-state index in [1.54, 1.807) is 6.08 Å². The van der Waals surface area contributed by atoms with Gasteiger partial charge >= 0.3 is 0 Å². The molecular formula is C41H79NO3. The van der Waals surface area contributed by atoms with Crippen molar-refractivity contribution in [1.29, 1.82) is 0 Å². The van der Waals surface area contributed by atoms with Gasteiger partial charge < -0.3 is 15.5 Å². The lowest BCUT2D eigenvalue weighted by Gasteiger charge is -2.19. The fraction of sp³-hybridized carbons (Fsp3) is 0.878. The largest absolute Gasteiger partial charge is 0.394 e. The number of carbonyl (C=O) groups excluding carboxylic acids is 1. The summed E-state index contributed by atoms with van der Waals surface area (Å²) in [6, 6.07) is -0.633. The third-order valence-electron chi connectivity index (χ3n) is 9.19. The van der Waals surface area contributed by atoms with E-state index in [0.717, 1.165) is 32.1 Å². The van der Waals surface area contributed by atoms with Crippen molar-refractivity contribution in [2.75, 3.05) is 6.61 Å². The molecule has 266 valence electrons. The topological polar surface area (TPSA) is 69.6 Å². The Bertz CT molecular complexity index is 647. The molecular weight excluding hydrogens is 554 g/mol. The van der Waals surface area contributed by atoms with Crippen molar-refractivity contribution in [3.63, 3.8) is 0 Å². The van der Waals surface area contributed by atoms with Gasteiger partial charge in [0, 0.05) is 6.42 Å². The Morgan fingerprint density at radius 1 is 0.511 bits per heavy atom. The van der Waals surface area contributed by atoms with Crippen LogP contribution in [0.3, 0.4) is 0 Å². The molecule has 0 heterocycles. The van der Waals surface area contributed by atoms with Gasteiger partial charge in [-0.3, -0.25) is 4.79 Å². The van der Waals surface area contributed by atoms with Gasteiger partial charge in [0.05, 0.1) is 18.8 Å². The van der Waals surface area contributed by atoms with Gasteiger partial charge in [-0.25, -0.2) is 0 Å². The number of rotatable bonds is 36. The highest BCUT2D eigenvalue weighted by Crippen LogP contribution is 2.15. The van der Waals surface area contributed by atoms with Gasteiger partial charge in [0.2, 0.25) is 5.91 Å². The highest BCUT2D eigenvalue weighted by Gasteiger charge is 2.17. The second-order valence-corrected chi connectivity index (χ2v) is 13.7. The first-order valence-electron chi connectivity index (χ1n) is 20.1. The first kappa shape index (κ1) is 43.9. The van der Waals surface area contributed by atoms with E-state index in [0.29, 0.717) is 6.42 Å². The molecule has 0 spiro atoms. The standard InChI is InChI=1S/C41H79NO3/c1-3-5-7-9-11-13-15-17-19-20-21-23-25-27-29-31-33-35-37-41(45)42-39(38-43)40(44)36-34-32-30-28-26-24-22-18-16-14-12-10-8-6-4-2/h26,28,34,36,39-40,43-44H,3-25,27,29-33,35,37-38H2,1-2H3,(H,42,45)/b28-26+,36-34+/t39-,40+/m0/s1. The first-order valence-corrected chi connectivity index (χ1v) is 20.1. The molecule has 1 amide bonds. The highest BCUT2D eigenvalue weighted by molar-refractivity contribution is 5.76. The molecule has 4 nitrogen and oxygen atoms in total. The molecule has 4 heteroatoms. The molecule has 0 aliphatic carbocycles. The van der Waals surface area contributed by atoms with Crippen LogP contribution >= 0.6 is 0 Å². The predicted molar refractivity (Wildman–Crippen MR) is 198 cm³/mol. The molecule has 45 heavy (non-hydrogen) atoms. The summed E-state index contributed by atoms with van der Waals surface area (Å²) in [5.41, 5.74) is 0. The summed E-state index contributed by atoms with van der Waals surface area (Å²) in [6.45, 7) is 4.30.